The van der Waals surface area contributed by atoms with Crippen LogP contribution in [0.3, 0.4) is 0 Å². The Morgan fingerprint density at radius 2 is 1.10 bits per heavy atom. The van der Waals surface area contributed by atoms with Crippen molar-refractivity contribution in [2.24, 2.45) is 0 Å². The molecule has 2 aromatic carbocycles. The van der Waals surface area contributed by atoms with E-state index in [2.05, 4.69) is 12.2 Å². The van der Waals surface area contributed by atoms with E-state index in [9.17, 15) is 9.59 Å². The number of carbonyl (C=O) groups excluding carboxylic acids is 2. The molecule has 228 valence electrons. The fraction of sp³-hybridized carbons (Fsp3) is 0.622. The van der Waals surface area contributed by atoms with Crippen molar-refractivity contribution in [2.75, 3.05) is 12.4 Å². The molecule has 4 heteroatoms. The summed E-state index contributed by atoms with van der Waals surface area (Å²) in [6.07, 6.45) is 26.2. The number of anilines is 1. The molecule has 0 aromatic heterocycles. The number of rotatable bonds is 24. The van der Waals surface area contributed by atoms with Crippen molar-refractivity contribution < 1.29 is 9.59 Å². The maximum absolute atomic E-state index is 12.9. The Bertz CT molecular complexity index is 943. The predicted octanol–water partition coefficient (Wildman–Crippen LogP) is 10.7. The third kappa shape index (κ3) is 17.1. The molecule has 0 spiro atoms. The Kier molecular flexibility index (Phi) is 19.4. The first-order valence-electron chi connectivity index (χ1n) is 16.8. The molecule has 0 saturated carbocycles. The first-order valence-corrected chi connectivity index (χ1v) is 16.8. The molecule has 41 heavy (non-hydrogen) atoms. The van der Waals surface area contributed by atoms with Gasteiger partial charge in [-0.15, -0.1) is 0 Å². The van der Waals surface area contributed by atoms with Crippen LogP contribution in [-0.4, -0.2) is 23.8 Å². The fourth-order valence-electron chi connectivity index (χ4n) is 5.47. The zero-order valence-electron chi connectivity index (χ0n) is 26.3. The van der Waals surface area contributed by atoms with E-state index in [0.29, 0.717) is 24.2 Å². The number of hydrogen-bond donors (Lipinski definition) is 1. The van der Waals surface area contributed by atoms with E-state index in [0.717, 1.165) is 18.4 Å². The number of benzene rings is 2. The van der Waals surface area contributed by atoms with Gasteiger partial charge in [0, 0.05) is 31.3 Å². The Hall–Kier alpha value is -2.62. The van der Waals surface area contributed by atoms with Crippen molar-refractivity contribution in [3.8, 4) is 0 Å². The van der Waals surface area contributed by atoms with Gasteiger partial charge in [-0.05, 0) is 30.2 Å². The van der Waals surface area contributed by atoms with E-state index in [-0.39, 0.29) is 11.8 Å². The molecule has 0 atom stereocenters. The molecule has 0 aliphatic rings. The summed E-state index contributed by atoms with van der Waals surface area (Å²) in [6, 6.07) is 17.2. The minimum atomic E-state index is -0.0521. The predicted molar refractivity (Wildman–Crippen MR) is 175 cm³/mol. The monoisotopic (exact) mass is 562 g/mol. The summed E-state index contributed by atoms with van der Waals surface area (Å²) in [7, 11) is 1.81. The van der Waals surface area contributed by atoms with Gasteiger partial charge in [0.05, 0.1) is 0 Å². The lowest BCUT2D eigenvalue weighted by Gasteiger charge is -2.18. The second-order valence-corrected chi connectivity index (χ2v) is 11.9. The highest BCUT2D eigenvalue weighted by Gasteiger charge is 2.13. The standard InChI is InChI=1S/C37H58N2O2/c1-3-4-5-6-7-8-9-10-11-12-13-14-15-16-17-18-19-20-24-30-36(40)38-35-29-25-28-34(31-35)37(41)39(2)32-33-26-22-21-23-27-33/h21-23,25-29,31H,3-20,24,30,32H2,1-2H3,(H,38,40). The van der Waals surface area contributed by atoms with Crippen LogP contribution in [0.4, 0.5) is 5.69 Å². The van der Waals surface area contributed by atoms with Crippen molar-refractivity contribution in [1.29, 1.82) is 0 Å². The van der Waals surface area contributed by atoms with Gasteiger partial charge >= 0.3 is 0 Å². The molecule has 0 unspecified atom stereocenters. The molecule has 0 aliphatic heterocycles. The topological polar surface area (TPSA) is 49.4 Å². The summed E-state index contributed by atoms with van der Waals surface area (Å²) < 4.78 is 0. The number of nitrogens with one attached hydrogen (secondary N) is 1. The van der Waals surface area contributed by atoms with Gasteiger partial charge < -0.3 is 10.2 Å². The number of hydrogen-bond acceptors (Lipinski definition) is 2. The van der Waals surface area contributed by atoms with Crippen LogP contribution in [0.25, 0.3) is 0 Å². The second kappa shape index (κ2) is 23.0. The van der Waals surface area contributed by atoms with Crippen molar-refractivity contribution in [2.45, 2.75) is 142 Å². The SMILES string of the molecule is CCCCCCCCCCCCCCCCCCCCCC(=O)Nc1cccc(C(=O)N(C)Cc2ccccc2)c1. The van der Waals surface area contributed by atoms with Crippen LogP contribution < -0.4 is 5.32 Å². The Labute approximate surface area is 251 Å². The molecular formula is C37H58N2O2. The molecule has 0 bridgehead atoms. The highest BCUT2D eigenvalue weighted by molar-refractivity contribution is 5.97. The summed E-state index contributed by atoms with van der Waals surface area (Å²) in [5.41, 5.74) is 2.36. The smallest absolute Gasteiger partial charge is 0.253 e. The van der Waals surface area contributed by atoms with Crippen LogP contribution in [0.5, 0.6) is 0 Å². The highest BCUT2D eigenvalue weighted by Crippen LogP contribution is 2.17. The molecule has 1 N–H and O–H groups in total. The maximum atomic E-state index is 12.9. The van der Waals surface area contributed by atoms with Gasteiger partial charge in [-0.3, -0.25) is 9.59 Å². The zero-order chi connectivity index (χ0) is 29.4. The van der Waals surface area contributed by atoms with E-state index < -0.39 is 0 Å². The summed E-state index contributed by atoms with van der Waals surface area (Å²) in [4.78, 5) is 27.0. The summed E-state index contributed by atoms with van der Waals surface area (Å²) in [6.45, 7) is 2.84. The lowest BCUT2D eigenvalue weighted by atomic mass is 10.0. The number of carbonyl (C=O) groups is 2. The average Bonchev–Trinajstić information content (AvgIpc) is 2.98. The molecule has 2 rings (SSSR count). The second-order valence-electron chi connectivity index (χ2n) is 11.9. The van der Waals surface area contributed by atoms with Crippen LogP contribution in [0.15, 0.2) is 54.6 Å². The maximum Gasteiger partial charge on any atom is 0.253 e. The van der Waals surface area contributed by atoms with E-state index in [1.165, 1.54) is 109 Å². The van der Waals surface area contributed by atoms with Gasteiger partial charge in [0.25, 0.3) is 5.91 Å². The number of nitrogens with zero attached hydrogens (tertiary/aromatic N) is 1. The molecule has 2 amide bonds. The van der Waals surface area contributed by atoms with Crippen molar-refractivity contribution in [3.05, 3.63) is 65.7 Å². The molecule has 4 nitrogen and oxygen atoms in total. The van der Waals surface area contributed by atoms with Gasteiger partial charge in [0.1, 0.15) is 0 Å². The molecule has 0 radical (unpaired) electrons. The number of amides is 2. The lowest BCUT2D eigenvalue weighted by Crippen LogP contribution is -2.26. The first kappa shape index (κ1) is 34.6. The highest BCUT2D eigenvalue weighted by atomic mass is 16.2. The molecule has 0 aliphatic carbocycles. The van der Waals surface area contributed by atoms with E-state index in [1.54, 1.807) is 24.1 Å². The molecule has 0 heterocycles. The van der Waals surface area contributed by atoms with E-state index in [4.69, 9.17) is 0 Å². The largest absolute Gasteiger partial charge is 0.337 e. The molecule has 2 aromatic rings. The van der Waals surface area contributed by atoms with Crippen molar-refractivity contribution >= 4 is 17.5 Å². The minimum Gasteiger partial charge on any atom is -0.337 e. The van der Waals surface area contributed by atoms with Gasteiger partial charge in [-0.2, -0.15) is 0 Å². The summed E-state index contributed by atoms with van der Waals surface area (Å²) in [5, 5.41) is 2.97. The van der Waals surface area contributed by atoms with E-state index in [1.807, 2.05) is 42.5 Å². The summed E-state index contributed by atoms with van der Waals surface area (Å²) >= 11 is 0. The van der Waals surface area contributed by atoms with Crippen LogP contribution in [0.2, 0.25) is 0 Å². The van der Waals surface area contributed by atoms with Crippen molar-refractivity contribution in [3.63, 3.8) is 0 Å². The fourth-order valence-corrected chi connectivity index (χ4v) is 5.47. The third-order valence-electron chi connectivity index (χ3n) is 8.01. The van der Waals surface area contributed by atoms with Crippen LogP contribution >= 0.6 is 0 Å². The molecule has 0 saturated heterocycles. The average molecular weight is 563 g/mol. The van der Waals surface area contributed by atoms with Crippen LogP contribution in [0.1, 0.15) is 151 Å². The van der Waals surface area contributed by atoms with Crippen molar-refractivity contribution in [1.82, 2.24) is 4.90 Å². The third-order valence-corrected chi connectivity index (χ3v) is 8.01. The number of unbranched alkanes of at least 4 members (excludes halogenated alkanes) is 18. The molecular weight excluding hydrogens is 504 g/mol. The van der Waals surface area contributed by atoms with Gasteiger partial charge in [0.15, 0.2) is 0 Å². The molecule has 0 fully saturated rings. The van der Waals surface area contributed by atoms with Gasteiger partial charge in [-0.25, -0.2) is 0 Å². The van der Waals surface area contributed by atoms with Crippen LogP contribution in [0, 0.1) is 0 Å². The Morgan fingerprint density at radius 1 is 0.610 bits per heavy atom. The van der Waals surface area contributed by atoms with Gasteiger partial charge in [-0.1, -0.05) is 159 Å². The summed E-state index contributed by atoms with van der Waals surface area (Å²) in [5.74, 6) is -0.0250. The lowest BCUT2D eigenvalue weighted by molar-refractivity contribution is -0.116. The normalized spacial score (nSPS) is 11.0. The van der Waals surface area contributed by atoms with Gasteiger partial charge in [0.2, 0.25) is 5.91 Å². The minimum absolute atomic E-state index is 0.0270. The Morgan fingerprint density at radius 3 is 1.61 bits per heavy atom. The quantitative estimate of drug-likeness (QED) is 0.129. The Balaban J connectivity index is 1.43. The van der Waals surface area contributed by atoms with E-state index >= 15 is 0 Å². The first-order chi connectivity index (χ1) is 20.1. The zero-order valence-corrected chi connectivity index (χ0v) is 26.3. The van der Waals surface area contributed by atoms with Crippen LogP contribution in [-0.2, 0) is 11.3 Å².